The van der Waals surface area contributed by atoms with Gasteiger partial charge in [-0.1, -0.05) is 40.0 Å². The third kappa shape index (κ3) is 5.10. The number of alkyl halides is 1. The van der Waals surface area contributed by atoms with Gasteiger partial charge >= 0.3 is 0 Å². The summed E-state index contributed by atoms with van der Waals surface area (Å²) >= 11 is 6.05. The van der Waals surface area contributed by atoms with Gasteiger partial charge in [0.15, 0.2) is 0 Å². The Balaban J connectivity index is 3.13. The summed E-state index contributed by atoms with van der Waals surface area (Å²) in [5, 5.41) is 0.395. The van der Waals surface area contributed by atoms with E-state index in [1.807, 2.05) is 0 Å². The first-order valence-corrected chi connectivity index (χ1v) is 4.76. The third-order valence-corrected chi connectivity index (χ3v) is 2.53. The van der Waals surface area contributed by atoms with Crippen LogP contribution in [0.15, 0.2) is 0 Å². The van der Waals surface area contributed by atoms with Gasteiger partial charge in [-0.15, -0.1) is 11.6 Å². The van der Waals surface area contributed by atoms with Gasteiger partial charge in [0.05, 0.1) is 0 Å². The van der Waals surface area contributed by atoms with Gasteiger partial charge in [0.1, 0.15) is 0 Å². The van der Waals surface area contributed by atoms with Crippen molar-refractivity contribution in [3.05, 3.63) is 0 Å². The first kappa shape index (κ1) is 10.3. The van der Waals surface area contributed by atoms with E-state index in [0.29, 0.717) is 11.3 Å². The summed E-state index contributed by atoms with van der Waals surface area (Å²) in [6.45, 7) is 6.59. The first-order valence-electron chi connectivity index (χ1n) is 4.32. The summed E-state index contributed by atoms with van der Waals surface area (Å²) in [5.41, 5.74) is 0. The highest BCUT2D eigenvalue weighted by atomic mass is 35.5. The van der Waals surface area contributed by atoms with E-state index in [0.717, 1.165) is 0 Å². The maximum Gasteiger partial charge on any atom is 0.0359 e. The summed E-state index contributed by atoms with van der Waals surface area (Å²) in [7, 11) is 0. The second-order valence-corrected chi connectivity index (χ2v) is 3.82. The Hall–Kier alpha value is 0.290. The van der Waals surface area contributed by atoms with Crippen LogP contribution in [0.3, 0.4) is 0 Å². The molecule has 0 N–H and O–H groups in total. The van der Waals surface area contributed by atoms with Crippen molar-refractivity contribution < 1.29 is 0 Å². The molecular weight excluding hydrogens is 144 g/mol. The van der Waals surface area contributed by atoms with Crippen LogP contribution in [0.4, 0.5) is 0 Å². The maximum absolute atomic E-state index is 6.05. The molecule has 10 heavy (non-hydrogen) atoms. The zero-order chi connectivity index (χ0) is 7.98. The van der Waals surface area contributed by atoms with Crippen LogP contribution < -0.4 is 0 Å². The summed E-state index contributed by atoms with van der Waals surface area (Å²) < 4.78 is 0. The second kappa shape index (κ2) is 6.03. The van der Waals surface area contributed by atoms with Crippen molar-refractivity contribution in [1.82, 2.24) is 0 Å². The highest BCUT2D eigenvalue weighted by molar-refractivity contribution is 6.20. The van der Waals surface area contributed by atoms with E-state index >= 15 is 0 Å². The third-order valence-electron chi connectivity index (χ3n) is 1.81. The van der Waals surface area contributed by atoms with E-state index in [9.17, 15) is 0 Å². The molecule has 0 aromatic rings. The Morgan fingerprint density at radius 2 is 1.80 bits per heavy atom. The zero-order valence-electron chi connectivity index (χ0n) is 7.36. The Kier molecular flexibility index (Phi) is 6.20. The molecule has 1 atom stereocenters. The largest absolute Gasteiger partial charge is 0.123 e. The molecule has 0 aromatic carbocycles. The lowest BCUT2D eigenvalue weighted by atomic mass is 10.0. The monoisotopic (exact) mass is 162 g/mol. The Bertz CT molecular complexity index is 69.1. The molecule has 1 unspecified atom stereocenters. The summed E-state index contributed by atoms with van der Waals surface area (Å²) in [5.74, 6) is 0.638. The lowest BCUT2D eigenvalue weighted by molar-refractivity contribution is 0.533. The number of unbranched alkanes of at least 4 members (excludes halogenated alkanes) is 2. The van der Waals surface area contributed by atoms with E-state index < -0.39 is 0 Å². The van der Waals surface area contributed by atoms with E-state index in [2.05, 4.69) is 20.8 Å². The van der Waals surface area contributed by atoms with Crippen molar-refractivity contribution >= 4 is 11.6 Å². The topological polar surface area (TPSA) is 0 Å². The van der Waals surface area contributed by atoms with Crippen LogP contribution in [0, 0.1) is 5.92 Å². The van der Waals surface area contributed by atoms with Crippen LogP contribution in [0.25, 0.3) is 0 Å². The van der Waals surface area contributed by atoms with Gasteiger partial charge in [-0.3, -0.25) is 0 Å². The Labute approximate surface area is 70.0 Å². The fourth-order valence-electron chi connectivity index (χ4n) is 0.923. The van der Waals surface area contributed by atoms with Gasteiger partial charge in [0.2, 0.25) is 0 Å². The van der Waals surface area contributed by atoms with E-state index in [1.54, 1.807) is 0 Å². The van der Waals surface area contributed by atoms with Crippen molar-refractivity contribution in [2.24, 2.45) is 5.92 Å². The quantitative estimate of drug-likeness (QED) is 0.426. The lowest BCUT2D eigenvalue weighted by Crippen LogP contribution is -2.06. The smallest absolute Gasteiger partial charge is 0.0359 e. The molecule has 0 bridgehead atoms. The van der Waals surface area contributed by atoms with Crippen molar-refractivity contribution in [3.8, 4) is 0 Å². The van der Waals surface area contributed by atoms with Gasteiger partial charge in [0, 0.05) is 5.38 Å². The molecule has 0 aliphatic carbocycles. The number of rotatable bonds is 5. The molecule has 62 valence electrons. The normalized spacial score (nSPS) is 14.1. The SMILES string of the molecule is CCCCCC(Cl)C(C)C. The molecule has 0 aromatic heterocycles. The van der Waals surface area contributed by atoms with Gasteiger partial charge in [-0.25, -0.2) is 0 Å². The number of halogens is 1. The fraction of sp³-hybridized carbons (Fsp3) is 1.00. The minimum absolute atomic E-state index is 0.395. The Morgan fingerprint density at radius 1 is 1.20 bits per heavy atom. The standard InChI is InChI=1S/C9H19Cl/c1-4-5-6-7-9(10)8(2)3/h8-9H,4-7H2,1-3H3. The average molecular weight is 163 g/mol. The minimum atomic E-state index is 0.395. The lowest BCUT2D eigenvalue weighted by Gasteiger charge is -2.11. The summed E-state index contributed by atoms with van der Waals surface area (Å²) in [6, 6.07) is 0. The molecule has 0 aliphatic heterocycles. The maximum atomic E-state index is 6.05. The van der Waals surface area contributed by atoms with Crippen molar-refractivity contribution in [1.29, 1.82) is 0 Å². The molecule has 0 heterocycles. The fourth-order valence-corrected chi connectivity index (χ4v) is 1.08. The van der Waals surface area contributed by atoms with E-state index in [4.69, 9.17) is 11.6 Å². The Morgan fingerprint density at radius 3 is 2.20 bits per heavy atom. The molecule has 0 fully saturated rings. The molecular formula is C9H19Cl. The van der Waals surface area contributed by atoms with Gasteiger partial charge in [0.25, 0.3) is 0 Å². The van der Waals surface area contributed by atoms with Gasteiger partial charge in [-0.05, 0) is 12.3 Å². The van der Waals surface area contributed by atoms with Crippen LogP contribution in [0.2, 0.25) is 0 Å². The summed E-state index contributed by atoms with van der Waals surface area (Å²) in [6.07, 6.45) is 5.10. The highest BCUT2D eigenvalue weighted by Gasteiger charge is 2.07. The van der Waals surface area contributed by atoms with Crippen LogP contribution in [-0.4, -0.2) is 5.38 Å². The summed E-state index contributed by atoms with van der Waals surface area (Å²) in [4.78, 5) is 0. The number of hydrogen-bond donors (Lipinski definition) is 0. The van der Waals surface area contributed by atoms with Gasteiger partial charge < -0.3 is 0 Å². The van der Waals surface area contributed by atoms with E-state index in [-0.39, 0.29) is 0 Å². The van der Waals surface area contributed by atoms with Crippen molar-refractivity contribution in [2.45, 2.75) is 51.8 Å². The molecule has 1 heteroatoms. The van der Waals surface area contributed by atoms with E-state index in [1.165, 1.54) is 25.7 Å². The van der Waals surface area contributed by atoms with Crippen molar-refractivity contribution in [3.63, 3.8) is 0 Å². The predicted octanol–water partition coefficient (Wildman–Crippen LogP) is 3.83. The molecule has 0 rings (SSSR count). The molecule has 0 amide bonds. The molecule has 0 spiro atoms. The van der Waals surface area contributed by atoms with Gasteiger partial charge in [-0.2, -0.15) is 0 Å². The first-order chi connectivity index (χ1) is 4.68. The zero-order valence-corrected chi connectivity index (χ0v) is 8.12. The molecule has 0 nitrogen and oxygen atoms in total. The molecule has 0 radical (unpaired) electrons. The minimum Gasteiger partial charge on any atom is -0.123 e. The van der Waals surface area contributed by atoms with Crippen LogP contribution >= 0.6 is 11.6 Å². The van der Waals surface area contributed by atoms with Crippen LogP contribution in [0.1, 0.15) is 46.5 Å². The van der Waals surface area contributed by atoms with Crippen LogP contribution in [-0.2, 0) is 0 Å². The second-order valence-electron chi connectivity index (χ2n) is 3.26. The van der Waals surface area contributed by atoms with Crippen LogP contribution in [0.5, 0.6) is 0 Å². The molecule has 0 aliphatic rings. The van der Waals surface area contributed by atoms with Crippen molar-refractivity contribution in [2.75, 3.05) is 0 Å². The average Bonchev–Trinajstić information content (AvgIpc) is 1.88. The molecule has 0 saturated heterocycles. The number of hydrogen-bond acceptors (Lipinski definition) is 0. The highest BCUT2D eigenvalue weighted by Crippen LogP contribution is 2.16. The molecule has 0 saturated carbocycles. The predicted molar refractivity (Wildman–Crippen MR) is 48.6 cm³/mol.